The molecular weight excluding hydrogens is 350 g/mol. The second-order valence-electron chi connectivity index (χ2n) is 4.48. The van der Waals surface area contributed by atoms with Gasteiger partial charge in [-0.1, -0.05) is 11.8 Å². The smallest absolute Gasteiger partial charge is 0.341 e. The highest BCUT2D eigenvalue weighted by molar-refractivity contribution is 7.99. The Bertz CT molecular complexity index is 843. The summed E-state index contributed by atoms with van der Waals surface area (Å²) in [5, 5.41) is 9.58. The van der Waals surface area contributed by atoms with Crippen LogP contribution in [0, 0.1) is 0 Å². The number of esters is 1. The predicted octanol–water partition coefficient (Wildman–Crippen LogP) is 2.09. The summed E-state index contributed by atoms with van der Waals surface area (Å²) in [5.74, 6) is -0.102. The summed E-state index contributed by atoms with van der Waals surface area (Å²) >= 11 is 2.46. The van der Waals surface area contributed by atoms with Crippen molar-refractivity contribution >= 4 is 45.8 Å². The van der Waals surface area contributed by atoms with Gasteiger partial charge in [-0.05, 0) is 24.4 Å². The number of carbonyl (C=O) groups excluding carboxylic acids is 2. The van der Waals surface area contributed by atoms with Crippen molar-refractivity contribution in [3.05, 3.63) is 35.5 Å². The maximum atomic E-state index is 12.1. The number of aromatic nitrogens is 4. The molecular formula is C14H13N5O3S2. The Hall–Kier alpha value is -2.46. The molecule has 3 aromatic heterocycles. The number of hydrogen-bond acceptors (Lipinski definition) is 8. The Morgan fingerprint density at radius 3 is 3.12 bits per heavy atom. The molecule has 0 spiro atoms. The van der Waals surface area contributed by atoms with E-state index in [1.165, 1.54) is 23.1 Å². The number of rotatable bonds is 6. The van der Waals surface area contributed by atoms with Gasteiger partial charge in [-0.3, -0.25) is 4.79 Å². The maximum Gasteiger partial charge on any atom is 0.341 e. The van der Waals surface area contributed by atoms with Crippen molar-refractivity contribution in [2.75, 3.05) is 17.7 Å². The quantitative estimate of drug-likeness (QED) is 0.529. The molecule has 24 heavy (non-hydrogen) atoms. The molecule has 0 aromatic carbocycles. The first-order valence-corrected chi connectivity index (χ1v) is 8.88. The maximum absolute atomic E-state index is 12.1. The highest BCUT2D eigenvalue weighted by Crippen LogP contribution is 2.24. The second kappa shape index (κ2) is 7.41. The third kappa shape index (κ3) is 3.71. The van der Waals surface area contributed by atoms with Gasteiger partial charge >= 0.3 is 5.97 Å². The SMILES string of the molecule is CCOC(=O)c1ccsc1NC(=O)CSc1nc2ncccn2n1. The van der Waals surface area contributed by atoms with Crippen LogP contribution in [0.1, 0.15) is 17.3 Å². The largest absolute Gasteiger partial charge is 0.462 e. The van der Waals surface area contributed by atoms with E-state index in [0.717, 1.165) is 0 Å². The van der Waals surface area contributed by atoms with Gasteiger partial charge in [0.15, 0.2) is 0 Å². The summed E-state index contributed by atoms with van der Waals surface area (Å²) in [4.78, 5) is 32.1. The van der Waals surface area contributed by atoms with Crippen LogP contribution in [0.2, 0.25) is 0 Å². The van der Waals surface area contributed by atoms with Crippen LogP contribution in [-0.4, -0.2) is 43.8 Å². The van der Waals surface area contributed by atoms with Crippen molar-refractivity contribution < 1.29 is 14.3 Å². The van der Waals surface area contributed by atoms with Gasteiger partial charge < -0.3 is 10.1 Å². The lowest BCUT2D eigenvalue weighted by molar-refractivity contribution is -0.113. The van der Waals surface area contributed by atoms with Crippen molar-refractivity contribution in [2.24, 2.45) is 0 Å². The summed E-state index contributed by atoms with van der Waals surface area (Å²) < 4.78 is 6.49. The number of nitrogens with one attached hydrogen (secondary N) is 1. The molecule has 0 unspecified atom stereocenters. The van der Waals surface area contributed by atoms with Crippen molar-refractivity contribution in [3.8, 4) is 0 Å². The summed E-state index contributed by atoms with van der Waals surface area (Å²) in [5.41, 5.74) is 0.357. The van der Waals surface area contributed by atoms with E-state index in [4.69, 9.17) is 4.74 Å². The van der Waals surface area contributed by atoms with Crippen LogP contribution in [0.15, 0.2) is 35.1 Å². The zero-order valence-corrected chi connectivity index (χ0v) is 14.3. The molecule has 8 nitrogen and oxygen atoms in total. The number of fused-ring (bicyclic) bond motifs is 1. The van der Waals surface area contributed by atoms with Gasteiger partial charge in [-0.2, -0.15) is 4.98 Å². The van der Waals surface area contributed by atoms with Crippen molar-refractivity contribution in [2.45, 2.75) is 12.1 Å². The van der Waals surface area contributed by atoms with Crippen molar-refractivity contribution in [1.82, 2.24) is 19.6 Å². The van der Waals surface area contributed by atoms with Gasteiger partial charge in [0.2, 0.25) is 11.1 Å². The summed E-state index contributed by atoms with van der Waals surface area (Å²) in [6, 6.07) is 3.37. The van der Waals surface area contributed by atoms with E-state index in [-0.39, 0.29) is 18.3 Å². The number of hydrogen-bond donors (Lipinski definition) is 1. The van der Waals surface area contributed by atoms with Gasteiger partial charge in [0.25, 0.3) is 5.78 Å². The van der Waals surface area contributed by atoms with E-state index in [1.807, 2.05) is 0 Å². The molecule has 124 valence electrons. The third-order valence-electron chi connectivity index (χ3n) is 2.84. The number of amides is 1. The minimum Gasteiger partial charge on any atom is -0.462 e. The first-order valence-electron chi connectivity index (χ1n) is 7.02. The van der Waals surface area contributed by atoms with Gasteiger partial charge in [0.05, 0.1) is 17.9 Å². The van der Waals surface area contributed by atoms with E-state index in [9.17, 15) is 9.59 Å². The number of thioether (sulfide) groups is 1. The van der Waals surface area contributed by atoms with Gasteiger partial charge in [0, 0.05) is 12.4 Å². The summed E-state index contributed by atoms with van der Waals surface area (Å²) in [7, 11) is 0. The number of anilines is 1. The minimum atomic E-state index is -0.449. The second-order valence-corrected chi connectivity index (χ2v) is 6.34. The molecule has 0 atom stereocenters. The first kappa shape index (κ1) is 16.4. The average molecular weight is 363 g/mol. The van der Waals surface area contributed by atoms with E-state index in [0.29, 0.717) is 21.5 Å². The van der Waals surface area contributed by atoms with Crippen LogP contribution >= 0.6 is 23.1 Å². The number of nitrogens with zero attached hydrogens (tertiary/aromatic N) is 4. The highest BCUT2D eigenvalue weighted by atomic mass is 32.2. The fourth-order valence-electron chi connectivity index (χ4n) is 1.84. The van der Waals surface area contributed by atoms with Gasteiger partial charge in [-0.15, -0.1) is 16.4 Å². The van der Waals surface area contributed by atoms with Crippen LogP contribution < -0.4 is 5.32 Å². The average Bonchev–Trinajstić information content (AvgIpc) is 3.19. The van der Waals surface area contributed by atoms with Crippen molar-refractivity contribution in [1.29, 1.82) is 0 Å². The molecule has 0 radical (unpaired) electrons. The number of carbonyl (C=O) groups is 2. The van der Waals surface area contributed by atoms with Crippen LogP contribution in [0.25, 0.3) is 5.78 Å². The number of thiophene rings is 1. The molecule has 10 heteroatoms. The van der Waals surface area contributed by atoms with E-state index in [1.54, 1.807) is 41.3 Å². The molecule has 3 heterocycles. The lowest BCUT2D eigenvalue weighted by Gasteiger charge is -2.05. The molecule has 0 aliphatic heterocycles. The van der Waals surface area contributed by atoms with Crippen molar-refractivity contribution in [3.63, 3.8) is 0 Å². The minimum absolute atomic E-state index is 0.122. The molecule has 3 rings (SSSR count). The molecule has 0 saturated carbocycles. The lowest BCUT2D eigenvalue weighted by atomic mass is 10.3. The van der Waals surface area contributed by atoms with E-state index < -0.39 is 5.97 Å². The first-order chi connectivity index (χ1) is 11.7. The fourth-order valence-corrected chi connectivity index (χ4v) is 3.26. The van der Waals surface area contributed by atoms with E-state index >= 15 is 0 Å². The normalized spacial score (nSPS) is 10.7. The lowest BCUT2D eigenvalue weighted by Crippen LogP contribution is -2.16. The van der Waals surface area contributed by atoms with Gasteiger partial charge in [-0.25, -0.2) is 14.3 Å². The van der Waals surface area contributed by atoms with E-state index in [2.05, 4.69) is 20.4 Å². The molecule has 0 saturated heterocycles. The molecule has 0 aliphatic carbocycles. The molecule has 3 aromatic rings. The molecule has 0 bridgehead atoms. The molecule has 1 amide bonds. The summed E-state index contributed by atoms with van der Waals surface area (Å²) in [6.07, 6.45) is 3.36. The molecule has 0 aliphatic rings. The monoisotopic (exact) mass is 363 g/mol. The van der Waals surface area contributed by atoms with Crippen LogP contribution in [-0.2, 0) is 9.53 Å². The predicted molar refractivity (Wildman–Crippen MR) is 90.4 cm³/mol. The van der Waals surface area contributed by atoms with Gasteiger partial charge in [0.1, 0.15) is 5.00 Å². The Kier molecular flexibility index (Phi) is 5.06. The molecule has 1 N–H and O–H groups in total. The zero-order chi connectivity index (χ0) is 16.9. The summed E-state index contributed by atoms with van der Waals surface area (Å²) in [6.45, 7) is 2.02. The molecule has 0 fully saturated rings. The zero-order valence-electron chi connectivity index (χ0n) is 12.6. The Balaban J connectivity index is 1.60. The van der Waals surface area contributed by atoms with Crippen LogP contribution in [0.3, 0.4) is 0 Å². The Labute approximate surface area is 145 Å². The van der Waals surface area contributed by atoms with Crippen LogP contribution in [0.4, 0.5) is 5.00 Å². The Morgan fingerprint density at radius 2 is 2.33 bits per heavy atom. The number of ether oxygens (including phenoxy) is 1. The topological polar surface area (TPSA) is 98.5 Å². The fraction of sp³-hybridized carbons (Fsp3) is 0.214. The Morgan fingerprint density at radius 1 is 1.46 bits per heavy atom. The third-order valence-corrected chi connectivity index (χ3v) is 4.51. The standard InChI is InChI=1S/C14H13N5O3S2/c1-2-22-12(21)9-4-7-23-11(9)16-10(20)8-24-14-17-13-15-5-3-6-19(13)18-14/h3-7H,2,8H2,1H3,(H,16,20). The highest BCUT2D eigenvalue weighted by Gasteiger charge is 2.16. The van der Waals surface area contributed by atoms with Crippen LogP contribution in [0.5, 0.6) is 0 Å².